The van der Waals surface area contributed by atoms with E-state index in [1.165, 1.54) is 6.07 Å². The summed E-state index contributed by atoms with van der Waals surface area (Å²) in [5, 5.41) is 3.41. The molecule has 0 spiro atoms. The van der Waals surface area contributed by atoms with Crippen LogP contribution >= 0.6 is 22.6 Å². The van der Waals surface area contributed by atoms with Gasteiger partial charge in [-0.15, -0.1) is 0 Å². The van der Waals surface area contributed by atoms with E-state index < -0.39 is 0 Å². The molecule has 5 heteroatoms. The third-order valence-electron chi connectivity index (χ3n) is 2.74. The third-order valence-corrected chi connectivity index (χ3v) is 3.67. The Balaban J connectivity index is 2.23. The smallest absolute Gasteiger partial charge is 0.124 e. The number of rotatable bonds is 5. The molecule has 2 rings (SSSR count). The fourth-order valence-electron chi connectivity index (χ4n) is 1.93. The normalized spacial score (nSPS) is 12.6. The van der Waals surface area contributed by atoms with E-state index in [2.05, 4.69) is 44.8 Å². The number of imidazole rings is 1. The predicted octanol–water partition coefficient (Wildman–Crippen LogP) is 3.05. The Morgan fingerprint density at radius 3 is 2.94 bits per heavy atom. The van der Waals surface area contributed by atoms with Crippen molar-refractivity contribution in [2.45, 2.75) is 19.4 Å². The minimum absolute atomic E-state index is 0.147. The van der Waals surface area contributed by atoms with Gasteiger partial charge in [0.05, 0.1) is 0 Å². The Kier molecular flexibility index (Phi) is 4.71. The minimum Gasteiger partial charge on any atom is -0.349 e. The molecule has 2 aromatic rings. The Labute approximate surface area is 119 Å². The van der Waals surface area contributed by atoms with Crippen molar-refractivity contribution < 1.29 is 4.39 Å². The Hall–Kier alpha value is -0.950. The van der Waals surface area contributed by atoms with Crippen LogP contribution in [0.25, 0.3) is 0 Å². The molecule has 0 aliphatic carbocycles. The molecule has 1 atom stereocenters. The molecule has 0 amide bonds. The van der Waals surface area contributed by atoms with Crippen LogP contribution in [0.3, 0.4) is 0 Å². The van der Waals surface area contributed by atoms with Crippen LogP contribution < -0.4 is 5.32 Å². The second-order valence-electron chi connectivity index (χ2n) is 4.02. The standard InChI is InChI=1S/C13H15FIN3/c1-2-16-12(8-13-17-5-6-18-13)10-4-3-9(14)7-11(10)15/h3-7,12,16H,2,8H2,1H3,(H,17,18). The molecule has 0 aliphatic rings. The maximum absolute atomic E-state index is 13.1. The lowest BCUT2D eigenvalue weighted by atomic mass is 10.0. The van der Waals surface area contributed by atoms with Gasteiger partial charge in [0.15, 0.2) is 0 Å². The Morgan fingerprint density at radius 2 is 2.33 bits per heavy atom. The van der Waals surface area contributed by atoms with E-state index >= 15 is 0 Å². The van der Waals surface area contributed by atoms with Crippen molar-refractivity contribution in [1.82, 2.24) is 15.3 Å². The number of aromatic amines is 1. The molecule has 1 aromatic heterocycles. The van der Waals surface area contributed by atoms with Crippen molar-refractivity contribution in [3.8, 4) is 0 Å². The number of hydrogen-bond acceptors (Lipinski definition) is 2. The topological polar surface area (TPSA) is 40.7 Å². The molecular formula is C13H15FIN3. The number of halogens is 2. The van der Waals surface area contributed by atoms with Gasteiger partial charge in [0.25, 0.3) is 0 Å². The molecule has 0 bridgehead atoms. The summed E-state index contributed by atoms with van der Waals surface area (Å²) in [6, 6.07) is 5.05. The summed E-state index contributed by atoms with van der Waals surface area (Å²) >= 11 is 2.17. The second kappa shape index (κ2) is 6.29. The van der Waals surface area contributed by atoms with Crippen molar-refractivity contribution in [2.24, 2.45) is 0 Å². The summed E-state index contributed by atoms with van der Waals surface area (Å²) < 4.78 is 14.1. The maximum atomic E-state index is 13.1. The molecule has 0 aliphatic heterocycles. The highest BCUT2D eigenvalue weighted by Crippen LogP contribution is 2.23. The van der Waals surface area contributed by atoms with Gasteiger partial charge in [-0.2, -0.15) is 0 Å². The highest BCUT2D eigenvalue weighted by atomic mass is 127. The number of nitrogens with zero attached hydrogens (tertiary/aromatic N) is 1. The summed E-state index contributed by atoms with van der Waals surface area (Å²) in [5.41, 5.74) is 1.11. The maximum Gasteiger partial charge on any atom is 0.124 e. The van der Waals surface area contributed by atoms with Gasteiger partial charge >= 0.3 is 0 Å². The van der Waals surface area contributed by atoms with Crippen molar-refractivity contribution in [1.29, 1.82) is 0 Å². The van der Waals surface area contributed by atoms with E-state index in [4.69, 9.17) is 0 Å². The lowest BCUT2D eigenvalue weighted by Gasteiger charge is -2.18. The van der Waals surface area contributed by atoms with Crippen molar-refractivity contribution in [2.75, 3.05) is 6.54 Å². The van der Waals surface area contributed by atoms with Crippen LogP contribution in [0.2, 0.25) is 0 Å². The highest BCUT2D eigenvalue weighted by Gasteiger charge is 2.15. The van der Waals surface area contributed by atoms with Crippen LogP contribution in [0.4, 0.5) is 4.39 Å². The van der Waals surface area contributed by atoms with Crippen LogP contribution in [0.5, 0.6) is 0 Å². The van der Waals surface area contributed by atoms with E-state index in [0.29, 0.717) is 0 Å². The number of aromatic nitrogens is 2. The van der Waals surface area contributed by atoms with Gasteiger partial charge in [0.2, 0.25) is 0 Å². The zero-order valence-corrected chi connectivity index (χ0v) is 12.2. The quantitative estimate of drug-likeness (QED) is 0.806. The van der Waals surface area contributed by atoms with Crippen molar-refractivity contribution >= 4 is 22.6 Å². The van der Waals surface area contributed by atoms with Gasteiger partial charge in [0, 0.05) is 28.4 Å². The molecule has 18 heavy (non-hydrogen) atoms. The van der Waals surface area contributed by atoms with Crippen LogP contribution in [-0.2, 0) is 6.42 Å². The molecule has 0 saturated carbocycles. The third kappa shape index (κ3) is 3.29. The van der Waals surface area contributed by atoms with Gasteiger partial charge in [-0.25, -0.2) is 9.37 Å². The molecular weight excluding hydrogens is 344 g/mol. The molecule has 1 heterocycles. The first-order valence-corrected chi connectivity index (χ1v) is 6.95. The average Bonchev–Trinajstić information content (AvgIpc) is 2.81. The predicted molar refractivity (Wildman–Crippen MR) is 77.8 cm³/mol. The SMILES string of the molecule is CCNC(Cc1ncc[nH]1)c1ccc(F)cc1I. The first-order chi connectivity index (χ1) is 8.70. The number of H-pyrrole nitrogens is 1. The molecule has 1 aromatic carbocycles. The molecule has 3 nitrogen and oxygen atoms in total. The van der Waals surface area contributed by atoms with Crippen LogP contribution in [-0.4, -0.2) is 16.5 Å². The van der Waals surface area contributed by atoms with E-state index in [1.54, 1.807) is 12.3 Å². The fraction of sp³-hybridized carbons (Fsp3) is 0.308. The monoisotopic (exact) mass is 359 g/mol. The van der Waals surface area contributed by atoms with Crippen molar-refractivity contribution in [3.63, 3.8) is 0 Å². The minimum atomic E-state index is -0.198. The van der Waals surface area contributed by atoms with E-state index in [9.17, 15) is 4.39 Å². The van der Waals surface area contributed by atoms with E-state index in [0.717, 1.165) is 27.9 Å². The summed E-state index contributed by atoms with van der Waals surface area (Å²) in [6.45, 7) is 2.92. The Morgan fingerprint density at radius 1 is 1.50 bits per heavy atom. The van der Waals surface area contributed by atoms with E-state index in [1.807, 2.05) is 12.3 Å². The lowest BCUT2D eigenvalue weighted by Crippen LogP contribution is -2.24. The molecule has 0 radical (unpaired) electrons. The number of likely N-dealkylation sites (N-methyl/N-ethyl adjacent to an activating group) is 1. The molecule has 1 unspecified atom stereocenters. The summed E-state index contributed by atoms with van der Waals surface area (Å²) in [4.78, 5) is 7.34. The van der Waals surface area contributed by atoms with Gasteiger partial charge in [-0.1, -0.05) is 13.0 Å². The summed E-state index contributed by atoms with van der Waals surface area (Å²) in [7, 11) is 0. The first kappa shape index (κ1) is 13.5. The van der Waals surface area contributed by atoms with Crippen LogP contribution in [0.1, 0.15) is 24.4 Å². The zero-order valence-electron chi connectivity index (χ0n) is 10.1. The number of nitrogens with one attached hydrogen (secondary N) is 2. The largest absolute Gasteiger partial charge is 0.349 e. The van der Waals surface area contributed by atoms with E-state index in [-0.39, 0.29) is 11.9 Å². The first-order valence-electron chi connectivity index (χ1n) is 5.87. The van der Waals surface area contributed by atoms with Gasteiger partial charge < -0.3 is 10.3 Å². The number of hydrogen-bond donors (Lipinski definition) is 2. The number of benzene rings is 1. The fourth-order valence-corrected chi connectivity index (χ4v) is 2.78. The molecule has 2 N–H and O–H groups in total. The van der Waals surface area contributed by atoms with Gasteiger partial charge in [0.1, 0.15) is 11.6 Å². The Bertz CT molecular complexity index is 499. The average molecular weight is 359 g/mol. The highest BCUT2D eigenvalue weighted by molar-refractivity contribution is 14.1. The summed E-state index contributed by atoms with van der Waals surface area (Å²) in [5.74, 6) is 0.734. The molecule has 0 saturated heterocycles. The molecule has 96 valence electrons. The van der Waals surface area contributed by atoms with Crippen molar-refractivity contribution in [3.05, 3.63) is 51.4 Å². The van der Waals surface area contributed by atoms with Crippen LogP contribution in [0.15, 0.2) is 30.6 Å². The van der Waals surface area contributed by atoms with Gasteiger partial charge in [-0.05, 0) is 46.8 Å². The molecule has 0 fully saturated rings. The zero-order chi connectivity index (χ0) is 13.0. The second-order valence-corrected chi connectivity index (χ2v) is 5.18. The van der Waals surface area contributed by atoms with Gasteiger partial charge in [-0.3, -0.25) is 0 Å². The summed E-state index contributed by atoms with van der Waals surface area (Å²) in [6.07, 6.45) is 4.32. The van der Waals surface area contributed by atoms with Crippen LogP contribution in [0, 0.1) is 9.39 Å². The lowest BCUT2D eigenvalue weighted by molar-refractivity contribution is 0.535.